The number of nitrogens with one attached hydrogen (secondary N) is 3. The second-order valence-corrected chi connectivity index (χ2v) is 13.7. The minimum absolute atomic E-state index is 0.292. The first-order chi connectivity index (χ1) is 24.2. The summed E-state index contributed by atoms with van der Waals surface area (Å²) in [4.78, 5) is 0. The summed E-state index contributed by atoms with van der Waals surface area (Å²) in [6.45, 7) is 0.625. The molecule has 0 bridgehead atoms. The first kappa shape index (κ1) is 29.3. The molecule has 0 spiro atoms. The van der Waals surface area contributed by atoms with Crippen LogP contribution in [0.25, 0.3) is 63.6 Å². The molecule has 0 saturated heterocycles. The Balaban J connectivity index is 1.09. The van der Waals surface area contributed by atoms with E-state index in [4.69, 9.17) is 5.41 Å². The zero-order valence-corrected chi connectivity index (χ0v) is 27.6. The molecule has 234 valence electrons. The summed E-state index contributed by atoms with van der Waals surface area (Å²) in [5, 5.41) is 26.4. The molecule has 8 aromatic carbocycles. The van der Waals surface area contributed by atoms with Crippen LogP contribution in [0.2, 0.25) is 0 Å². The van der Waals surface area contributed by atoms with Gasteiger partial charge in [-0.25, -0.2) is 0 Å². The van der Waals surface area contributed by atoms with Crippen molar-refractivity contribution in [3.8, 4) is 11.1 Å². The van der Waals surface area contributed by atoms with Crippen LogP contribution in [-0.4, -0.2) is 5.84 Å². The van der Waals surface area contributed by atoms with Gasteiger partial charge in [0.15, 0.2) is 0 Å². The highest BCUT2D eigenvalue weighted by Crippen LogP contribution is 2.37. The summed E-state index contributed by atoms with van der Waals surface area (Å²) in [6, 6.07) is 58.2. The third-order valence-electron chi connectivity index (χ3n) is 9.67. The fraction of sp³-hybridized carbons (Fsp3) is 0.0444. The second-order valence-electron chi connectivity index (χ2n) is 12.6. The van der Waals surface area contributed by atoms with Crippen LogP contribution in [0.15, 0.2) is 164 Å². The van der Waals surface area contributed by atoms with Crippen molar-refractivity contribution in [3.63, 3.8) is 0 Å². The molecule has 1 aromatic heterocycles. The molecule has 0 aliphatic heterocycles. The number of hydrogen-bond donors (Lipinski definition) is 3. The number of fused-ring (bicyclic) bond motifs is 7. The van der Waals surface area contributed by atoms with Crippen molar-refractivity contribution in [2.45, 2.75) is 12.7 Å². The summed E-state index contributed by atoms with van der Waals surface area (Å²) >= 11 is 1.84. The molecule has 9 rings (SSSR count). The fourth-order valence-corrected chi connectivity index (χ4v) is 8.25. The van der Waals surface area contributed by atoms with Gasteiger partial charge in [0.2, 0.25) is 0 Å². The van der Waals surface area contributed by atoms with Crippen LogP contribution in [0.4, 0.5) is 0 Å². The number of hydrogen-bond acceptors (Lipinski definition) is 3. The summed E-state index contributed by atoms with van der Waals surface area (Å²) in [5.41, 5.74) is 5.55. The van der Waals surface area contributed by atoms with Gasteiger partial charge in [-0.3, -0.25) is 10.7 Å². The van der Waals surface area contributed by atoms with Crippen molar-refractivity contribution in [1.29, 1.82) is 5.41 Å². The molecule has 3 nitrogen and oxygen atoms in total. The first-order valence-electron chi connectivity index (χ1n) is 16.7. The Morgan fingerprint density at radius 2 is 1.18 bits per heavy atom. The molecule has 49 heavy (non-hydrogen) atoms. The molecule has 0 saturated carbocycles. The summed E-state index contributed by atoms with van der Waals surface area (Å²) in [5.74, 6) is 0.380. The summed E-state index contributed by atoms with van der Waals surface area (Å²) < 4.78 is 2.63. The van der Waals surface area contributed by atoms with Gasteiger partial charge in [-0.1, -0.05) is 140 Å². The van der Waals surface area contributed by atoms with E-state index >= 15 is 0 Å². The highest BCUT2D eigenvalue weighted by Gasteiger charge is 2.17. The van der Waals surface area contributed by atoms with E-state index in [-0.39, 0.29) is 6.17 Å². The van der Waals surface area contributed by atoms with Crippen LogP contribution in [0.3, 0.4) is 0 Å². The lowest BCUT2D eigenvalue weighted by Gasteiger charge is -2.24. The Bertz CT molecular complexity index is 2660. The molecule has 0 aliphatic carbocycles. The number of rotatable bonds is 7. The van der Waals surface area contributed by atoms with E-state index in [2.05, 4.69) is 144 Å². The second kappa shape index (κ2) is 12.3. The molecular weight excluding hydrogens is 615 g/mol. The van der Waals surface area contributed by atoms with Crippen molar-refractivity contribution in [2.24, 2.45) is 0 Å². The van der Waals surface area contributed by atoms with Crippen LogP contribution in [-0.2, 0) is 6.54 Å². The van der Waals surface area contributed by atoms with Gasteiger partial charge in [-0.15, -0.1) is 11.3 Å². The van der Waals surface area contributed by atoms with Gasteiger partial charge in [-0.05, 0) is 78.8 Å². The van der Waals surface area contributed by atoms with Gasteiger partial charge in [0.1, 0.15) is 12.0 Å². The van der Waals surface area contributed by atoms with E-state index in [1.807, 2.05) is 41.7 Å². The lowest BCUT2D eigenvalue weighted by molar-refractivity contribution is 0.506. The average molecular weight is 648 g/mol. The van der Waals surface area contributed by atoms with E-state index in [0.717, 1.165) is 11.1 Å². The zero-order valence-electron chi connectivity index (χ0n) is 26.8. The normalized spacial score (nSPS) is 12.2. The SMILES string of the molecule is N=C(NC(NCc1c2ccccc2cc2c1ccc1ccccc12)c1ccc(-c2ccc3sc4ccccc4c3c2)cc1)c1ccccc1. The standard InChI is InChI=1S/C45H33N3S/c46-44(31-11-2-1-3-12-31)48-45(32-20-18-29(19-21-32)33-23-25-43-40(26-33)38-16-8-9-17-42(38)49-43)47-28-41-36-15-7-5-13-34(36)27-39-35-14-6-4-10-30(35)22-24-37(39)41/h1-27,45,47H,28H2,(H2,46,48). The van der Waals surface area contributed by atoms with Crippen molar-refractivity contribution < 1.29 is 0 Å². The summed E-state index contributed by atoms with van der Waals surface area (Å²) in [6.07, 6.45) is -0.292. The number of thiophene rings is 1. The largest absolute Gasteiger partial charge is 0.351 e. The molecule has 3 N–H and O–H groups in total. The van der Waals surface area contributed by atoms with Crippen molar-refractivity contribution in [1.82, 2.24) is 10.6 Å². The molecule has 0 amide bonds. The maximum absolute atomic E-state index is 9.00. The van der Waals surface area contributed by atoms with Crippen LogP contribution < -0.4 is 10.6 Å². The van der Waals surface area contributed by atoms with Gasteiger partial charge in [0, 0.05) is 32.3 Å². The smallest absolute Gasteiger partial charge is 0.126 e. The third kappa shape index (κ3) is 5.41. The van der Waals surface area contributed by atoms with Crippen LogP contribution >= 0.6 is 11.3 Å². The monoisotopic (exact) mass is 647 g/mol. The Morgan fingerprint density at radius 1 is 0.510 bits per heavy atom. The zero-order chi connectivity index (χ0) is 32.7. The third-order valence-corrected chi connectivity index (χ3v) is 10.8. The lowest BCUT2D eigenvalue weighted by Crippen LogP contribution is -2.38. The van der Waals surface area contributed by atoms with E-state index in [1.54, 1.807) is 0 Å². The highest BCUT2D eigenvalue weighted by molar-refractivity contribution is 7.25. The summed E-state index contributed by atoms with van der Waals surface area (Å²) in [7, 11) is 0. The predicted octanol–water partition coefficient (Wildman–Crippen LogP) is 11.6. The molecule has 0 radical (unpaired) electrons. The fourth-order valence-electron chi connectivity index (χ4n) is 7.17. The lowest BCUT2D eigenvalue weighted by atomic mass is 9.93. The number of amidine groups is 1. The van der Waals surface area contributed by atoms with E-state index in [1.165, 1.54) is 69.2 Å². The molecule has 1 atom stereocenters. The van der Waals surface area contributed by atoms with Crippen molar-refractivity contribution >= 4 is 69.7 Å². The highest BCUT2D eigenvalue weighted by atomic mass is 32.1. The van der Waals surface area contributed by atoms with Gasteiger partial charge in [0.05, 0.1) is 0 Å². The van der Waals surface area contributed by atoms with Gasteiger partial charge >= 0.3 is 0 Å². The molecule has 9 aromatic rings. The van der Waals surface area contributed by atoms with Crippen molar-refractivity contribution in [2.75, 3.05) is 0 Å². The van der Waals surface area contributed by atoms with E-state index in [9.17, 15) is 0 Å². The predicted molar refractivity (Wildman–Crippen MR) is 210 cm³/mol. The first-order valence-corrected chi connectivity index (χ1v) is 17.5. The van der Waals surface area contributed by atoms with Crippen LogP contribution in [0, 0.1) is 5.41 Å². The van der Waals surface area contributed by atoms with Gasteiger partial charge in [0.25, 0.3) is 0 Å². The minimum atomic E-state index is -0.292. The topological polar surface area (TPSA) is 47.9 Å². The Labute approximate surface area is 289 Å². The minimum Gasteiger partial charge on any atom is -0.351 e. The maximum atomic E-state index is 9.00. The van der Waals surface area contributed by atoms with E-state index < -0.39 is 0 Å². The van der Waals surface area contributed by atoms with Crippen molar-refractivity contribution in [3.05, 3.63) is 180 Å². The van der Waals surface area contributed by atoms with Gasteiger partial charge in [-0.2, -0.15) is 0 Å². The maximum Gasteiger partial charge on any atom is 0.126 e. The van der Waals surface area contributed by atoms with Crippen LogP contribution in [0.1, 0.15) is 22.9 Å². The average Bonchev–Trinajstić information content (AvgIpc) is 3.54. The van der Waals surface area contributed by atoms with E-state index in [0.29, 0.717) is 12.4 Å². The van der Waals surface area contributed by atoms with Gasteiger partial charge < -0.3 is 5.32 Å². The Morgan fingerprint density at radius 3 is 2.02 bits per heavy atom. The Kier molecular flexibility index (Phi) is 7.38. The Hall–Kier alpha value is -5.81. The molecule has 1 heterocycles. The molecule has 1 unspecified atom stereocenters. The quantitative estimate of drug-likeness (QED) is 0.0530. The molecular formula is C45H33N3S. The number of benzene rings is 8. The molecule has 4 heteroatoms. The molecule has 0 fully saturated rings. The van der Waals surface area contributed by atoms with Crippen LogP contribution in [0.5, 0.6) is 0 Å². The molecule has 0 aliphatic rings.